The minimum atomic E-state index is -0.492. The largest absolute Gasteiger partial charge is 0.369 e. The van der Waals surface area contributed by atoms with Crippen molar-refractivity contribution in [2.24, 2.45) is 0 Å². The third-order valence-corrected chi connectivity index (χ3v) is 3.99. The predicted molar refractivity (Wildman–Crippen MR) is 78.4 cm³/mol. The summed E-state index contributed by atoms with van der Waals surface area (Å²) in [6.07, 6.45) is 4.54. The van der Waals surface area contributed by atoms with Crippen LogP contribution in [0.25, 0.3) is 0 Å². The van der Waals surface area contributed by atoms with Gasteiger partial charge in [0.15, 0.2) is 5.78 Å². The molecule has 0 amide bonds. The lowest BCUT2D eigenvalue weighted by Crippen LogP contribution is -2.39. The van der Waals surface area contributed by atoms with Gasteiger partial charge in [0, 0.05) is 24.3 Å². The van der Waals surface area contributed by atoms with Crippen LogP contribution in [0.4, 0.5) is 11.4 Å². The molecule has 1 aromatic carbocycles. The van der Waals surface area contributed by atoms with E-state index < -0.39 is 4.92 Å². The minimum absolute atomic E-state index is 0.105. The summed E-state index contributed by atoms with van der Waals surface area (Å²) in [6, 6.07) is 5.35. The van der Waals surface area contributed by atoms with Crippen molar-refractivity contribution in [3.8, 4) is 0 Å². The van der Waals surface area contributed by atoms with E-state index in [9.17, 15) is 14.9 Å². The van der Waals surface area contributed by atoms with Gasteiger partial charge < -0.3 is 4.90 Å². The number of nitro groups is 1. The number of Topliss-reactive ketones (excluding diaryl/α,β-unsaturated/α-hetero) is 1. The maximum atomic E-state index is 11.6. The number of nitrogens with zero attached hydrogens (tertiary/aromatic N) is 2. The maximum Gasteiger partial charge on any atom is 0.280 e. The zero-order valence-electron chi connectivity index (χ0n) is 12.0. The van der Waals surface area contributed by atoms with Crippen molar-refractivity contribution in [2.75, 3.05) is 11.4 Å². The van der Waals surface area contributed by atoms with Crippen LogP contribution in [0.2, 0.25) is 0 Å². The van der Waals surface area contributed by atoms with E-state index in [4.69, 9.17) is 0 Å². The molecule has 0 saturated carbocycles. The number of anilines is 1. The summed E-state index contributed by atoms with van der Waals surface area (Å²) >= 11 is 0. The lowest BCUT2D eigenvalue weighted by Gasteiger charge is -2.37. The predicted octanol–water partition coefficient (Wildman–Crippen LogP) is 3.57. The van der Waals surface area contributed by atoms with E-state index in [1.165, 1.54) is 19.4 Å². The first-order valence-electron chi connectivity index (χ1n) is 7.10. The van der Waals surface area contributed by atoms with E-state index >= 15 is 0 Å². The molecule has 0 bridgehead atoms. The van der Waals surface area contributed by atoms with Crippen molar-refractivity contribution in [3.63, 3.8) is 0 Å². The van der Waals surface area contributed by atoms with Gasteiger partial charge in [0.25, 0.3) is 5.69 Å². The Labute approximate surface area is 118 Å². The van der Waals surface area contributed by atoms with Gasteiger partial charge in [0.1, 0.15) is 0 Å². The quantitative estimate of drug-likeness (QED) is 0.479. The summed E-state index contributed by atoms with van der Waals surface area (Å²) in [5.41, 5.74) is 1.02. The average molecular weight is 276 g/mol. The first kappa shape index (κ1) is 14.5. The highest BCUT2D eigenvalue weighted by atomic mass is 16.6. The van der Waals surface area contributed by atoms with E-state index in [-0.39, 0.29) is 17.0 Å². The molecule has 0 N–H and O–H groups in total. The highest BCUT2D eigenvalue weighted by Crippen LogP contribution is 2.30. The Morgan fingerprint density at radius 1 is 1.45 bits per heavy atom. The molecule has 0 aromatic heterocycles. The SMILES string of the molecule is CCC1CCCCN1c1ccc([N+](=O)[O-])c(C(C)=O)c1. The van der Waals surface area contributed by atoms with Gasteiger partial charge in [0.05, 0.1) is 10.5 Å². The molecule has 0 radical (unpaired) electrons. The van der Waals surface area contributed by atoms with Crippen molar-refractivity contribution in [1.29, 1.82) is 0 Å². The van der Waals surface area contributed by atoms with E-state index in [0.29, 0.717) is 6.04 Å². The van der Waals surface area contributed by atoms with Gasteiger partial charge >= 0.3 is 0 Å². The summed E-state index contributed by atoms with van der Waals surface area (Å²) in [4.78, 5) is 24.4. The monoisotopic (exact) mass is 276 g/mol. The summed E-state index contributed by atoms with van der Waals surface area (Å²) in [5.74, 6) is -0.261. The first-order valence-corrected chi connectivity index (χ1v) is 7.10. The first-order chi connectivity index (χ1) is 9.54. The summed E-state index contributed by atoms with van der Waals surface area (Å²) in [5, 5.41) is 11.0. The van der Waals surface area contributed by atoms with Crippen molar-refractivity contribution in [3.05, 3.63) is 33.9 Å². The molecule has 20 heavy (non-hydrogen) atoms. The van der Waals surface area contributed by atoms with Crippen LogP contribution in [0.3, 0.4) is 0 Å². The van der Waals surface area contributed by atoms with E-state index in [2.05, 4.69) is 11.8 Å². The molecule has 0 aliphatic carbocycles. The molecular weight excluding hydrogens is 256 g/mol. The molecule has 5 nitrogen and oxygen atoms in total. The van der Waals surface area contributed by atoms with Crippen LogP contribution in [0.1, 0.15) is 49.9 Å². The van der Waals surface area contributed by atoms with Crippen LogP contribution < -0.4 is 4.90 Å². The van der Waals surface area contributed by atoms with Crippen LogP contribution in [0.5, 0.6) is 0 Å². The van der Waals surface area contributed by atoms with Crippen molar-refractivity contribution in [2.45, 2.75) is 45.6 Å². The minimum Gasteiger partial charge on any atom is -0.369 e. The number of hydrogen-bond acceptors (Lipinski definition) is 4. The smallest absolute Gasteiger partial charge is 0.280 e. The van der Waals surface area contributed by atoms with Crippen molar-refractivity contribution < 1.29 is 9.72 Å². The molecule has 2 rings (SSSR count). The number of hydrogen-bond donors (Lipinski definition) is 0. The Morgan fingerprint density at radius 3 is 2.80 bits per heavy atom. The highest BCUT2D eigenvalue weighted by molar-refractivity contribution is 5.99. The van der Waals surface area contributed by atoms with E-state index in [1.54, 1.807) is 12.1 Å². The number of rotatable bonds is 4. The lowest BCUT2D eigenvalue weighted by molar-refractivity contribution is -0.385. The van der Waals surface area contributed by atoms with Gasteiger partial charge in [-0.05, 0) is 44.7 Å². The Balaban J connectivity index is 2.39. The topological polar surface area (TPSA) is 63.4 Å². The summed E-state index contributed by atoms with van der Waals surface area (Å²) in [6.45, 7) is 4.48. The van der Waals surface area contributed by atoms with E-state index in [1.807, 2.05) is 0 Å². The van der Waals surface area contributed by atoms with Gasteiger partial charge in [-0.2, -0.15) is 0 Å². The second kappa shape index (κ2) is 6.03. The fourth-order valence-corrected chi connectivity index (χ4v) is 2.91. The zero-order valence-corrected chi connectivity index (χ0v) is 12.0. The maximum absolute atomic E-state index is 11.6. The average Bonchev–Trinajstić information content (AvgIpc) is 2.46. The van der Waals surface area contributed by atoms with Crippen molar-refractivity contribution in [1.82, 2.24) is 0 Å². The fourth-order valence-electron chi connectivity index (χ4n) is 2.91. The van der Waals surface area contributed by atoms with E-state index in [0.717, 1.165) is 31.5 Å². The standard InChI is InChI=1S/C15H20N2O3/c1-3-12-6-4-5-9-16(12)13-7-8-15(17(19)20)14(10-13)11(2)18/h7-8,10,12H,3-6,9H2,1-2H3. The Kier molecular flexibility index (Phi) is 4.37. The molecule has 1 fully saturated rings. The molecule has 0 spiro atoms. The lowest BCUT2D eigenvalue weighted by atomic mass is 9.98. The number of nitro benzene ring substituents is 1. The number of piperidine rings is 1. The fraction of sp³-hybridized carbons (Fsp3) is 0.533. The van der Waals surface area contributed by atoms with Gasteiger partial charge in [-0.15, -0.1) is 0 Å². The molecule has 1 aliphatic heterocycles. The van der Waals surface area contributed by atoms with Crippen LogP contribution in [0, 0.1) is 10.1 Å². The van der Waals surface area contributed by atoms with Gasteiger partial charge in [0.2, 0.25) is 0 Å². The summed E-state index contributed by atoms with van der Waals surface area (Å²) < 4.78 is 0. The third kappa shape index (κ3) is 2.81. The van der Waals surface area contributed by atoms with Crippen LogP contribution in [0.15, 0.2) is 18.2 Å². The molecule has 1 atom stereocenters. The van der Waals surface area contributed by atoms with Crippen LogP contribution in [-0.2, 0) is 0 Å². The number of benzene rings is 1. The Hall–Kier alpha value is -1.91. The second-order valence-electron chi connectivity index (χ2n) is 5.27. The number of carbonyl (C=O) groups is 1. The van der Waals surface area contributed by atoms with Crippen molar-refractivity contribution >= 4 is 17.2 Å². The van der Waals surface area contributed by atoms with Gasteiger partial charge in [-0.3, -0.25) is 14.9 Å². The molecule has 1 heterocycles. The van der Waals surface area contributed by atoms with Crippen LogP contribution >= 0.6 is 0 Å². The number of ketones is 1. The van der Waals surface area contributed by atoms with Gasteiger partial charge in [-0.1, -0.05) is 6.92 Å². The van der Waals surface area contributed by atoms with Crippen LogP contribution in [-0.4, -0.2) is 23.3 Å². The highest BCUT2D eigenvalue weighted by Gasteiger charge is 2.24. The molecule has 1 saturated heterocycles. The zero-order chi connectivity index (χ0) is 14.7. The second-order valence-corrected chi connectivity index (χ2v) is 5.27. The summed E-state index contributed by atoms with van der Waals surface area (Å²) in [7, 11) is 0. The number of carbonyl (C=O) groups excluding carboxylic acids is 1. The molecule has 108 valence electrons. The molecule has 1 unspecified atom stereocenters. The molecular formula is C15H20N2O3. The molecule has 1 aliphatic rings. The third-order valence-electron chi connectivity index (χ3n) is 3.99. The molecule has 5 heteroatoms. The normalized spacial score (nSPS) is 18.9. The van der Waals surface area contributed by atoms with Gasteiger partial charge in [-0.25, -0.2) is 0 Å². The Bertz CT molecular complexity index is 528. The molecule has 1 aromatic rings. The Morgan fingerprint density at radius 2 is 2.20 bits per heavy atom.